The van der Waals surface area contributed by atoms with Crippen LogP contribution >= 0.6 is 0 Å². The smallest absolute Gasteiger partial charge is 0.270 e. The average molecular weight is 378 g/mol. The van der Waals surface area contributed by atoms with Gasteiger partial charge in [0.15, 0.2) is 0 Å². The van der Waals surface area contributed by atoms with Gasteiger partial charge in [-0.1, -0.05) is 19.9 Å². The van der Waals surface area contributed by atoms with Crippen molar-refractivity contribution in [1.29, 1.82) is 0 Å². The van der Waals surface area contributed by atoms with Crippen LogP contribution in [0.4, 0.5) is 11.4 Å². The van der Waals surface area contributed by atoms with Crippen LogP contribution in [0.5, 0.6) is 0 Å². The van der Waals surface area contributed by atoms with Crippen molar-refractivity contribution < 1.29 is 9.59 Å². The normalized spacial score (nSPS) is 10.9. The summed E-state index contributed by atoms with van der Waals surface area (Å²) < 4.78 is 1.41. The summed E-state index contributed by atoms with van der Waals surface area (Å²) >= 11 is 0. The van der Waals surface area contributed by atoms with E-state index in [0.717, 1.165) is 0 Å². The number of aryl methyl sites for hydroxylation is 1. The molecule has 0 saturated carbocycles. The molecule has 0 unspecified atom stereocenters. The zero-order chi connectivity index (χ0) is 20.3. The minimum absolute atomic E-state index is 0.0406. The Bertz CT molecular complexity index is 1080. The second-order valence-electron chi connectivity index (χ2n) is 7.02. The number of fused-ring (bicyclic) bond motifs is 1. The molecule has 0 bridgehead atoms. The Morgan fingerprint density at radius 2 is 1.68 bits per heavy atom. The third-order valence-electron chi connectivity index (χ3n) is 4.19. The Morgan fingerprint density at radius 3 is 2.32 bits per heavy atom. The van der Waals surface area contributed by atoms with E-state index in [0.29, 0.717) is 29.1 Å². The first-order valence-electron chi connectivity index (χ1n) is 9.04. The number of hydrogen-bond donors (Lipinski definition) is 2. The highest BCUT2D eigenvalue weighted by atomic mass is 16.2. The molecule has 0 saturated heterocycles. The number of pyridine rings is 1. The van der Waals surface area contributed by atoms with Crippen LogP contribution in [-0.4, -0.2) is 21.2 Å². The van der Waals surface area contributed by atoms with Gasteiger partial charge >= 0.3 is 0 Å². The van der Waals surface area contributed by atoms with Gasteiger partial charge in [0.1, 0.15) is 11.2 Å². The van der Waals surface area contributed by atoms with Crippen LogP contribution in [0.2, 0.25) is 0 Å². The van der Waals surface area contributed by atoms with Crippen LogP contribution in [0.15, 0.2) is 53.5 Å². The predicted octanol–water partition coefficient (Wildman–Crippen LogP) is 3.24. The molecule has 3 rings (SSSR count). The molecule has 0 radical (unpaired) electrons. The summed E-state index contributed by atoms with van der Waals surface area (Å²) in [4.78, 5) is 41.2. The van der Waals surface area contributed by atoms with Gasteiger partial charge in [0.05, 0.1) is 0 Å². The van der Waals surface area contributed by atoms with E-state index in [9.17, 15) is 14.4 Å². The highest BCUT2D eigenvalue weighted by molar-refractivity contribution is 6.04. The molecule has 144 valence electrons. The minimum Gasteiger partial charge on any atom is -0.326 e. The average Bonchev–Trinajstić information content (AvgIpc) is 2.63. The summed E-state index contributed by atoms with van der Waals surface area (Å²) in [7, 11) is 0. The highest BCUT2D eigenvalue weighted by Gasteiger charge is 2.14. The molecule has 0 atom stereocenters. The monoisotopic (exact) mass is 378 g/mol. The maximum atomic E-state index is 12.7. The largest absolute Gasteiger partial charge is 0.326 e. The van der Waals surface area contributed by atoms with Gasteiger partial charge in [-0.15, -0.1) is 0 Å². The molecule has 7 nitrogen and oxygen atoms in total. The number of benzene rings is 1. The lowest BCUT2D eigenvalue weighted by Gasteiger charge is -2.10. The Labute approximate surface area is 162 Å². The molecule has 0 fully saturated rings. The number of carbonyl (C=O) groups is 2. The van der Waals surface area contributed by atoms with Crippen molar-refractivity contribution in [3.05, 3.63) is 70.3 Å². The van der Waals surface area contributed by atoms with Crippen molar-refractivity contribution in [3.63, 3.8) is 0 Å². The minimum atomic E-state index is -0.535. The van der Waals surface area contributed by atoms with Crippen molar-refractivity contribution >= 4 is 28.8 Å². The summed E-state index contributed by atoms with van der Waals surface area (Å²) in [6.45, 7) is 5.73. The van der Waals surface area contributed by atoms with Crippen LogP contribution in [-0.2, 0) is 4.79 Å². The number of carbonyl (C=O) groups excluding carboxylic acids is 2. The van der Waals surface area contributed by atoms with Crippen LogP contribution < -0.4 is 16.2 Å². The molecular weight excluding hydrogens is 356 g/mol. The molecular formula is C21H22N4O3. The molecule has 0 aliphatic rings. The fraction of sp³-hybridized carbons (Fsp3) is 0.238. The molecule has 28 heavy (non-hydrogen) atoms. The molecule has 2 heterocycles. The second kappa shape index (κ2) is 8.04. The Kier molecular flexibility index (Phi) is 5.54. The van der Waals surface area contributed by atoms with E-state index in [1.54, 1.807) is 49.4 Å². The molecule has 0 aliphatic heterocycles. The van der Waals surface area contributed by atoms with Gasteiger partial charge in [-0.25, -0.2) is 4.98 Å². The zero-order valence-corrected chi connectivity index (χ0v) is 16.0. The van der Waals surface area contributed by atoms with E-state index in [-0.39, 0.29) is 17.4 Å². The molecule has 0 aliphatic carbocycles. The van der Waals surface area contributed by atoms with Crippen LogP contribution in [0.3, 0.4) is 0 Å². The van der Waals surface area contributed by atoms with Crippen molar-refractivity contribution in [2.75, 3.05) is 10.6 Å². The van der Waals surface area contributed by atoms with Gasteiger partial charge in [0.25, 0.3) is 11.5 Å². The lowest BCUT2D eigenvalue weighted by molar-refractivity contribution is -0.116. The lowest BCUT2D eigenvalue weighted by Crippen LogP contribution is -2.27. The highest BCUT2D eigenvalue weighted by Crippen LogP contribution is 2.15. The van der Waals surface area contributed by atoms with Crippen molar-refractivity contribution in [3.8, 4) is 0 Å². The molecule has 3 aromatic rings. The Hall–Kier alpha value is -3.48. The zero-order valence-electron chi connectivity index (χ0n) is 16.0. The van der Waals surface area contributed by atoms with Crippen LogP contribution in [0, 0.1) is 12.8 Å². The van der Waals surface area contributed by atoms with Crippen molar-refractivity contribution in [1.82, 2.24) is 9.38 Å². The van der Waals surface area contributed by atoms with Gasteiger partial charge in [-0.2, -0.15) is 0 Å². The summed E-state index contributed by atoms with van der Waals surface area (Å²) in [5, 5.41) is 5.50. The van der Waals surface area contributed by atoms with Crippen molar-refractivity contribution in [2.24, 2.45) is 5.92 Å². The van der Waals surface area contributed by atoms with Gasteiger partial charge in [0.2, 0.25) is 5.91 Å². The number of aromatic nitrogens is 2. The van der Waals surface area contributed by atoms with E-state index >= 15 is 0 Å². The standard InChI is InChI=1S/C21H22N4O3/c1-13(2)11-19(26)23-15-7-9-16(10-8-15)24-20(27)17-12-22-18-6-4-5-14(3)25(18)21(17)28/h4-10,12-13H,11H2,1-3H3,(H,23,26)(H,24,27). The number of nitrogens with one attached hydrogen (secondary N) is 2. The van der Waals surface area contributed by atoms with E-state index < -0.39 is 11.5 Å². The number of rotatable bonds is 5. The topological polar surface area (TPSA) is 92.6 Å². The molecule has 2 aromatic heterocycles. The fourth-order valence-electron chi connectivity index (χ4n) is 2.85. The van der Waals surface area contributed by atoms with Crippen LogP contribution in [0.1, 0.15) is 36.3 Å². The first kappa shape index (κ1) is 19.3. The first-order chi connectivity index (χ1) is 13.3. The number of nitrogens with zero attached hydrogens (tertiary/aromatic N) is 2. The van der Waals surface area contributed by atoms with Gasteiger partial charge < -0.3 is 10.6 Å². The first-order valence-corrected chi connectivity index (χ1v) is 9.04. The second-order valence-corrected chi connectivity index (χ2v) is 7.02. The third kappa shape index (κ3) is 4.25. The van der Waals surface area contributed by atoms with Gasteiger partial charge in [-0.05, 0) is 49.2 Å². The van der Waals surface area contributed by atoms with Gasteiger partial charge in [-0.3, -0.25) is 18.8 Å². The summed E-state index contributed by atoms with van der Waals surface area (Å²) in [6.07, 6.45) is 1.73. The molecule has 1 aromatic carbocycles. The van der Waals surface area contributed by atoms with Gasteiger partial charge in [0, 0.05) is 29.7 Å². The van der Waals surface area contributed by atoms with E-state index in [1.165, 1.54) is 10.6 Å². The Balaban J connectivity index is 1.76. The van der Waals surface area contributed by atoms with E-state index in [4.69, 9.17) is 0 Å². The van der Waals surface area contributed by atoms with E-state index in [1.807, 2.05) is 13.8 Å². The SMILES string of the molecule is Cc1cccc2ncc(C(=O)Nc3ccc(NC(=O)CC(C)C)cc3)c(=O)n12. The van der Waals surface area contributed by atoms with Crippen molar-refractivity contribution in [2.45, 2.75) is 27.2 Å². The Morgan fingerprint density at radius 1 is 1.04 bits per heavy atom. The number of hydrogen-bond acceptors (Lipinski definition) is 4. The molecule has 0 spiro atoms. The quantitative estimate of drug-likeness (QED) is 0.713. The third-order valence-corrected chi connectivity index (χ3v) is 4.19. The molecule has 2 N–H and O–H groups in total. The lowest BCUT2D eigenvalue weighted by atomic mass is 10.1. The molecule has 2 amide bonds. The summed E-state index contributed by atoms with van der Waals surface area (Å²) in [5.74, 6) is -0.318. The fourth-order valence-corrected chi connectivity index (χ4v) is 2.85. The summed E-state index contributed by atoms with van der Waals surface area (Å²) in [6, 6.07) is 12.0. The van der Waals surface area contributed by atoms with Crippen LogP contribution in [0.25, 0.3) is 5.65 Å². The summed E-state index contributed by atoms with van der Waals surface area (Å²) in [5.41, 5.74) is 1.89. The maximum Gasteiger partial charge on any atom is 0.270 e. The number of amides is 2. The van der Waals surface area contributed by atoms with E-state index in [2.05, 4.69) is 15.6 Å². The predicted molar refractivity (Wildman–Crippen MR) is 109 cm³/mol. The maximum absolute atomic E-state index is 12.7. The number of anilines is 2. The molecule has 7 heteroatoms.